The van der Waals surface area contributed by atoms with E-state index < -0.39 is 5.97 Å². The summed E-state index contributed by atoms with van der Waals surface area (Å²) in [7, 11) is 2.19. The van der Waals surface area contributed by atoms with Gasteiger partial charge in [0.25, 0.3) is 0 Å². The van der Waals surface area contributed by atoms with Gasteiger partial charge in [0.2, 0.25) is 0 Å². The summed E-state index contributed by atoms with van der Waals surface area (Å²) < 4.78 is 0. The molecule has 0 spiro atoms. The summed E-state index contributed by atoms with van der Waals surface area (Å²) in [5.74, 6) is 2.27. The number of hydrogen-bond acceptors (Lipinski definition) is 2. The highest BCUT2D eigenvalue weighted by Crippen LogP contribution is 2.51. The number of aliphatic carboxylic acids is 1. The van der Waals surface area contributed by atoms with Crippen LogP contribution < -0.4 is 0 Å². The zero-order chi connectivity index (χ0) is 12.8. The highest BCUT2D eigenvalue weighted by Gasteiger charge is 2.46. The Hall–Kier alpha value is -0.570. The number of carbonyl (C=O) groups is 1. The molecule has 3 nitrogen and oxygen atoms in total. The van der Waals surface area contributed by atoms with Crippen molar-refractivity contribution in [2.24, 2.45) is 23.2 Å². The molecule has 18 heavy (non-hydrogen) atoms. The Balaban J connectivity index is 1.47. The summed E-state index contributed by atoms with van der Waals surface area (Å²) in [5.41, 5.74) is 0.123. The van der Waals surface area contributed by atoms with E-state index in [-0.39, 0.29) is 5.41 Å². The van der Waals surface area contributed by atoms with E-state index in [0.717, 1.165) is 37.1 Å². The van der Waals surface area contributed by atoms with Crippen molar-refractivity contribution in [3.8, 4) is 0 Å². The second-order valence-electron chi connectivity index (χ2n) is 7.20. The third-order valence-electron chi connectivity index (χ3n) is 5.52. The molecule has 0 aliphatic heterocycles. The van der Waals surface area contributed by atoms with E-state index in [1.807, 2.05) is 0 Å². The Morgan fingerprint density at radius 3 is 2.61 bits per heavy atom. The number of carboxylic acid groups (broad SMARTS) is 1. The smallest absolute Gasteiger partial charge is 0.303 e. The molecular formula is C15H25NO2. The van der Waals surface area contributed by atoms with E-state index in [0.29, 0.717) is 6.42 Å². The topological polar surface area (TPSA) is 40.5 Å². The first-order valence-corrected chi connectivity index (χ1v) is 7.47. The molecule has 3 aliphatic carbocycles. The van der Waals surface area contributed by atoms with Crippen LogP contribution in [-0.2, 0) is 4.79 Å². The molecule has 3 rings (SSSR count). The van der Waals surface area contributed by atoms with E-state index in [9.17, 15) is 4.79 Å². The lowest BCUT2D eigenvalue weighted by Crippen LogP contribution is -2.34. The number of nitrogens with zero attached hydrogens (tertiary/aromatic N) is 1. The molecule has 3 fully saturated rings. The van der Waals surface area contributed by atoms with Crippen LogP contribution in [0.3, 0.4) is 0 Å². The minimum absolute atomic E-state index is 0.123. The first kappa shape index (κ1) is 12.5. The van der Waals surface area contributed by atoms with Crippen LogP contribution >= 0.6 is 0 Å². The predicted molar refractivity (Wildman–Crippen MR) is 70.4 cm³/mol. The van der Waals surface area contributed by atoms with Crippen molar-refractivity contribution in [2.45, 2.75) is 44.9 Å². The first-order valence-electron chi connectivity index (χ1n) is 7.47. The van der Waals surface area contributed by atoms with Crippen LogP contribution in [0.1, 0.15) is 44.9 Å². The summed E-state index contributed by atoms with van der Waals surface area (Å²) >= 11 is 0. The van der Waals surface area contributed by atoms with E-state index in [1.54, 1.807) is 0 Å². The van der Waals surface area contributed by atoms with Gasteiger partial charge >= 0.3 is 5.97 Å². The predicted octanol–water partition coefficient (Wildman–Crippen LogP) is 2.61. The van der Waals surface area contributed by atoms with Crippen LogP contribution in [0, 0.1) is 23.2 Å². The van der Waals surface area contributed by atoms with Gasteiger partial charge in [-0.3, -0.25) is 4.79 Å². The standard InChI is InChI=1S/C15H25NO2/c1-16(10-15(4-5-15)8-14(17)18)9-13-7-11-2-3-12(13)6-11/h11-13H,2-10H2,1H3,(H,17,18). The molecule has 0 amide bonds. The third-order valence-corrected chi connectivity index (χ3v) is 5.52. The Bertz CT molecular complexity index is 337. The molecule has 3 unspecified atom stereocenters. The Kier molecular flexibility index (Phi) is 3.13. The zero-order valence-electron chi connectivity index (χ0n) is 11.4. The lowest BCUT2D eigenvalue weighted by molar-refractivity contribution is -0.138. The molecule has 0 aromatic heterocycles. The zero-order valence-corrected chi connectivity index (χ0v) is 11.4. The molecule has 0 aromatic rings. The number of carboxylic acids is 1. The molecule has 3 aliphatic rings. The van der Waals surface area contributed by atoms with Crippen molar-refractivity contribution in [3.63, 3.8) is 0 Å². The molecule has 3 saturated carbocycles. The maximum Gasteiger partial charge on any atom is 0.303 e. The molecule has 1 N–H and O–H groups in total. The van der Waals surface area contributed by atoms with Crippen molar-refractivity contribution in [1.29, 1.82) is 0 Å². The second kappa shape index (κ2) is 4.52. The van der Waals surface area contributed by atoms with Gasteiger partial charge in [-0.15, -0.1) is 0 Å². The van der Waals surface area contributed by atoms with Crippen molar-refractivity contribution in [1.82, 2.24) is 4.90 Å². The lowest BCUT2D eigenvalue weighted by Gasteiger charge is -2.29. The Labute approximate surface area is 110 Å². The Morgan fingerprint density at radius 1 is 1.33 bits per heavy atom. The summed E-state index contributed by atoms with van der Waals surface area (Å²) in [6.45, 7) is 2.19. The van der Waals surface area contributed by atoms with Gasteiger partial charge in [-0.05, 0) is 62.3 Å². The summed E-state index contributed by atoms with van der Waals surface area (Å²) in [6.07, 6.45) is 8.41. The average molecular weight is 251 g/mol. The van der Waals surface area contributed by atoms with Crippen molar-refractivity contribution < 1.29 is 9.90 Å². The molecule has 3 heteroatoms. The Morgan fingerprint density at radius 2 is 2.11 bits per heavy atom. The van der Waals surface area contributed by atoms with Gasteiger partial charge in [0.1, 0.15) is 0 Å². The fourth-order valence-corrected chi connectivity index (χ4v) is 4.53. The van der Waals surface area contributed by atoms with E-state index >= 15 is 0 Å². The van der Waals surface area contributed by atoms with Gasteiger partial charge < -0.3 is 10.0 Å². The lowest BCUT2D eigenvalue weighted by atomic mass is 9.88. The highest BCUT2D eigenvalue weighted by atomic mass is 16.4. The van der Waals surface area contributed by atoms with Crippen LogP contribution in [0.15, 0.2) is 0 Å². The van der Waals surface area contributed by atoms with Crippen LogP contribution in [-0.4, -0.2) is 36.1 Å². The highest BCUT2D eigenvalue weighted by molar-refractivity contribution is 5.68. The fraction of sp³-hybridized carbons (Fsp3) is 0.933. The first-order chi connectivity index (χ1) is 8.56. The largest absolute Gasteiger partial charge is 0.481 e. The molecule has 0 heterocycles. The molecule has 3 atom stereocenters. The van der Waals surface area contributed by atoms with E-state index in [2.05, 4.69) is 11.9 Å². The molecule has 0 aromatic carbocycles. The molecule has 0 saturated heterocycles. The van der Waals surface area contributed by atoms with Crippen molar-refractivity contribution >= 4 is 5.97 Å². The number of hydrogen-bond donors (Lipinski definition) is 1. The van der Waals surface area contributed by atoms with Crippen molar-refractivity contribution in [2.75, 3.05) is 20.1 Å². The molecule has 2 bridgehead atoms. The van der Waals surface area contributed by atoms with Crippen LogP contribution in [0.2, 0.25) is 0 Å². The van der Waals surface area contributed by atoms with Gasteiger partial charge in [0.05, 0.1) is 6.42 Å². The van der Waals surface area contributed by atoms with Crippen molar-refractivity contribution in [3.05, 3.63) is 0 Å². The quantitative estimate of drug-likeness (QED) is 0.789. The number of fused-ring (bicyclic) bond motifs is 2. The van der Waals surface area contributed by atoms with Gasteiger partial charge in [0, 0.05) is 13.1 Å². The molecule has 0 radical (unpaired) electrons. The summed E-state index contributed by atoms with van der Waals surface area (Å²) in [4.78, 5) is 13.3. The summed E-state index contributed by atoms with van der Waals surface area (Å²) in [6, 6.07) is 0. The second-order valence-corrected chi connectivity index (χ2v) is 7.20. The SMILES string of the molecule is CN(CC1CC2CCC1C2)CC1(CC(=O)O)CC1. The van der Waals surface area contributed by atoms with Crippen LogP contribution in [0.4, 0.5) is 0 Å². The maximum absolute atomic E-state index is 10.9. The third kappa shape index (κ3) is 2.56. The minimum Gasteiger partial charge on any atom is -0.481 e. The molecule has 102 valence electrons. The number of rotatable bonds is 6. The minimum atomic E-state index is -0.624. The van der Waals surface area contributed by atoms with E-state index in [1.165, 1.54) is 32.2 Å². The van der Waals surface area contributed by atoms with E-state index in [4.69, 9.17) is 5.11 Å². The van der Waals surface area contributed by atoms with Crippen LogP contribution in [0.25, 0.3) is 0 Å². The average Bonchev–Trinajstić information content (AvgIpc) is 2.74. The molecular weight excluding hydrogens is 226 g/mol. The van der Waals surface area contributed by atoms with Gasteiger partial charge in [-0.2, -0.15) is 0 Å². The monoisotopic (exact) mass is 251 g/mol. The van der Waals surface area contributed by atoms with Gasteiger partial charge in [-0.1, -0.05) is 6.42 Å². The maximum atomic E-state index is 10.9. The normalized spacial score (nSPS) is 36.2. The fourth-order valence-electron chi connectivity index (χ4n) is 4.53. The van der Waals surface area contributed by atoms with Gasteiger partial charge in [0.15, 0.2) is 0 Å². The van der Waals surface area contributed by atoms with Gasteiger partial charge in [-0.25, -0.2) is 0 Å². The van der Waals surface area contributed by atoms with Crippen LogP contribution in [0.5, 0.6) is 0 Å². The summed E-state index contributed by atoms with van der Waals surface area (Å²) in [5, 5.41) is 8.95.